The van der Waals surface area contributed by atoms with Gasteiger partial charge in [0.2, 0.25) is 10.0 Å². The Labute approximate surface area is 151 Å². The van der Waals surface area contributed by atoms with Gasteiger partial charge in [-0.25, -0.2) is 17.8 Å². The molecule has 2 rings (SSSR count). The number of aromatic nitrogens is 2. The van der Waals surface area contributed by atoms with Crippen LogP contribution in [0.15, 0.2) is 23.1 Å². The molecule has 0 bridgehead atoms. The third-order valence-electron chi connectivity index (χ3n) is 3.87. The Hall–Kier alpha value is -2.20. The van der Waals surface area contributed by atoms with E-state index in [1.54, 1.807) is 18.2 Å². The summed E-state index contributed by atoms with van der Waals surface area (Å²) in [5.41, 5.74) is 0.764. The van der Waals surface area contributed by atoms with Gasteiger partial charge in [0.1, 0.15) is 4.90 Å². The molecule has 0 amide bonds. The smallest absolute Gasteiger partial charge is 0.333 e. The monoisotopic (exact) mass is 389 g/mol. The van der Waals surface area contributed by atoms with Crippen molar-refractivity contribution in [2.75, 3.05) is 20.8 Å². The van der Waals surface area contributed by atoms with Gasteiger partial charge in [-0.3, -0.25) is 0 Å². The van der Waals surface area contributed by atoms with Crippen LogP contribution in [0.25, 0.3) is 0 Å². The molecule has 2 aromatic rings. The first-order valence-corrected chi connectivity index (χ1v) is 9.24. The number of rotatable bonds is 8. The molecule has 1 N–H and O–H groups in total. The highest BCUT2D eigenvalue weighted by atomic mass is 32.2. The number of nitrogens with zero attached hydrogens (tertiary/aromatic N) is 2. The first-order chi connectivity index (χ1) is 12.2. The number of aryl methyl sites for hydroxylation is 1. The molecule has 0 aliphatic carbocycles. The molecular weight excluding hydrogens is 368 g/mol. The summed E-state index contributed by atoms with van der Waals surface area (Å²) in [6.07, 6.45) is 0.390. The Balaban J connectivity index is 2.12. The topological polar surface area (TPSA) is 82.5 Å². The largest absolute Gasteiger partial charge is 0.493 e. The van der Waals surface area contributed by atoms with Crippen LogP contribution in [-0.4, -0.2) is 39.0 Å². The van der Waals surface area contributed by atoms with Crippen LogP contribution >= 0.6 is 0 Å². The molecule has 0 aliphatic heterocycles. The summed E-state index contributed by atoms with van der Waals surface area (Å²) in [5, 5.41) is 3.60. The van der Waals surface area contributed by atoms with Gasteiger partial charge in [0.05, 0.1) is 25.6 Å². The van der Waals surface area contributed by atoms with Crippen molar-refractivity contribution < 1.29 is 26.7 Å². The van der Waals surface area contributed by atoms with E-state index < -0.39 is 16.6 Å². The number of alkyl halides is 2. The quantitative estimate of drug-likeness (QED) is 0.750. The number of hydrogen-bond donors (Lipinski definition) is 1. The van der Waals surface area contributed by atoms with E-state index in [1.807, 2.05) is 0 Å². The minimum absolute atomic E-state index is 0.0291. The van der Waals surface area contributed by atoms with Crippen LogP contribution in [0.4, 0.5) is 8.78 Å². The molecular formula is C16H21F2N3O4S. The summed E-state index contributed by atoms with van der Waals surface area (Å²) in [7, 11) is -0.921. The lowest BCUT2D eigenvalue weighted by atomic mass is 10.1. The Bertz CT molecular complexity index is 882. The predicted molar refractivity (Wildman–Crippen MR) is 91.4 cm³/mol. The molecule has 0 spiro atoms. The highest BCUT2D eigenvalue weighted by Crippen LogP contribution is 2.28. The zero-order valence-corrected chi connectivity index (χ0v) is 15.7. The Kier molecular flexibility index (Phi) is 6.19. The van der Waals surface area contributed by atoms with Gasteiger partial charge in [0, 0.05) is 6.54 Å². The first kappa shape index (κ1) is 20.1. The fourth-order valence-electron chi connectivity index (χ4n) is 2.66. The molecule has 0 unspecified atom stereocenters. The van der Waals surface area contributed by atoms with Crippen LogP contribution in [0, 0.1) is 13.8 Å². The van der Waals surface area contributed by atoms with Crippen LogP contribution in [0.3, 0.4) is 0 Å². The van der Waals surface area contributed by atoms with E-state index in [2.05, 4.69) is 9.82 Å². The number of methoxy groups -OCH3 is 2. The van der Waals surface area contributed by atoms with Crippen molar-refractivity contribution in [2.45, 2.75) is 31.7 Å². The molecule has 0 radical (unpaired) electrons. The maximum absolute atomic E-state index is 12.9. The second kappa shape index (κ2) is 8.00. The van der Waals surface area contributed by atoms with Gasteiger partial charge < -0.3 is 9.47 Å². The van der Waals surface area contributed by atoms with Crippen molar-refractivity contribution in [3.05, 3.63) is 35.2 Å². The lowest BCUT2D eigenvalue weighted by Gasteiger charge is -2.10. The van der Waals surface area contributed by atoms with E-state index in [1.165, 1.54) is 28.1 Å². The molecule has 1 aromatic heterocycles. The standard InChI is InChI=1S/C16H21F2N3O4S/c1-10-15(11(2)21(20-10)16(17)18)26(22,23)19-8-7-12-5-6-13(24-3)14(9-12)25-4/h5-6,9,16,19H,7-8H2,1-4H3. The molecule has 0 atom stereocenters. The molecule has 0 saturated carbocycles. The van der Waals surface area contributed by atoms with Crippen molar-refractivity contribution in [3.63, 3.8) is 0 Å². The molecule has 0 aliphatic rings. The van der Waals surface area contributed by atoms with E-state index >= 15 is 0 Å². The van der Waals surface area contributed by atoms with Crippen LogP contribution in [-0.2, 0) is 16.4 Å². The molecule has 0 fully saturated rings. The van der Waals surface area contributed by atoms with Crippen LogP contribution in [0.5, 0.6) is 11.5 Å². The number of ether oxygens (including phenoxy) is 2. The zero-order valence-electron chi connectivity index (χ0n) is 14.9. The predicted octanol–water partition coefficient (Wildman–Crippen LogP) is 2.43. The molecule has 1 heterocycles. The fourth-order valence-corrected chi connectivity index (χ4v) is 4.09. The van der Waals surface area contributed by atoms with E-state index in [9.17, 15) is 17.2 Å². The van der Waals surface area contributed by atoms with Gasteiger partial charge in [-0.05, 0) is 38.0 Å². The number of halogens is 2. The zero-order chi connectivity index (χ0) is 19.5. The van der Waals surface area contributed by atoms with Gasteiger partial charge >= 0.3 is 6.55 Å². The third kappa shape index (κ3) is 4.13. The van der Waals surface area contributed by atoms with Crippen molar-refractivity contribution in [1.82, 2.24) is 14.5 Å². The van der Waals surface area contributed by atoms with Crippen molar-refractivity contribution in [3.8, 4) is 11.5 Å². The fraction of sp³-hybridized carbons (Fsp3) is 0.438. The summed E-state index contributed by atoms with van der Waals surface area (Å²) in [6, 6.07) is 5.27. The average Bonchev–Trinajstić information content (AvgIpc) is 2.89. The van der Waals surface area contributed by atoms with Gasteiger partial charge in [-0.1, -0.05) is 6.07 Å². The second-order valence-corrected chi connectivity index (χ2v) is 7.26. The maximum Gasteiger partial charge on any atom is 0.333 e. The number of hydrogen-bond acceptors (Lipinski definition) is 5. The van der Waals surface area contributed by atoms with Crippen molar-refractivity contribution in [2.24, 2.45) is 0 Å². The third-order valence-corrected chi connectivity index (χ3v) is 5.58. The molecule has 144 valence electrons. The highest BCUT2D eigenvalue weighted by Gasteiger charge is 2.26. The maximum atomic E-state index is 12.9. The minimum Gasteiger partial charge on any atom is -0.493 e. The van der Waals surface area contributed by atoms with Gasteiger partial charge in [-0.2, -0.15) is 13.9 Å². The molecule has 26 heavy (non-hydrogen) atoms. The Morgan fingerprint density at radius 3 is 2.38 bits per heavy atom. The SMILES string of the molecule is COc1ccc(CCNS(=O)(=O)c2c(C)nn(C(F)F)c2C)cc1OC. The molecule has 0 saturated heterocycles. The summed E-state index contributed by atoms with van der Waals surface area (Å²) in [6.45, 7) is -0.121. The lowest BCUT2D eigenvalue weighted by Crippen LogP contribution is -2.27. The molecule has 1 aromatic carbocycles. The number of sulfonamides is 1. The summed E-state index contributed by atoms with van der Waals surface area (Å²) >= 11 is 0. The number of benzene rings is 1. The summed E-state index contributed by atoms with van der Waals surface area (Å²) in [4.78, 5) is -0.217. The molecule has 10 heteroatoms. The Morgan fingerprint density at radius 2 is 1.85 bits per heavy atom. The highest BCUT2D eigenvalue weighted by molar-refractivity contribution is 7.89. The normalized spacial score (nSPS) is 11.8. The first-order valence-electron chi connectivity index (χ1n) is 7.75. The lowest BCUT2D eigenvalue weighted by molar-refractivity contribution is 0.0538. The van der Waals surface area contributed by atoms with Crippen molar-refractivity contribution in [1.29, 1.82) is 0 Å². The second-order valence-electron chi connectivity index (χ2n) is 5.56. The minimum atomic E-state index is -3.96. The van der Waals surface area contributed by atoms with Crippen molar-refractivity contribution >= 4 is 10.0 Å². The van der Waals surface area contributed by atoms with Gasteiger partial charge in [-0.15, -0.1) is 0 Å². The van der Waals surface area contributed by atoms with Gasteiger partial charge in [0.25, 0.3) is 0 Å². The van der Waals surface area contributed by atoms with E-state index in [-0.39, 0.29) is 22.8 Å². The molecule has 7 nitrogen and oxygen atoms in total. The van der Waals surface area contributed by atoms with E-state index in [0.717, 1.165) is 5.56 Å². The Morgan fingerprint density at radius 1 is 1.19 bits per heavy atom. The van der Waals surface area contributed by atoms with Crippen LogP contribution in [0.2, 0.25) is 0 Å². The van der Waals surface area contributed by atoms with E-state index in [4.69, 9.17) is 9.47 Å². The van der Waals surface area contributed by atoms with Crippen LogP contribution < -0.4 is 14.2 Å². The summed E-state index contributed by atoms with van der Waals surface area (Å²) < 4.78 is 63.9. The van der Waals surface area contributed by atoms with Crippen LogP contribution in [0.1, 0.15) is 23.5 Å². The summed E-state index contributed by atoms with van der Waals surface area (Å²) in [5.74, 6) is 1.11. The van der Waals surface area contributed by atoms with Gasteiger partial charge in [0.15, 0.2) is 11.5 Å². The number of nitrogens with one attached hydrogen (secondary N) is 1. The van der Waals surface area contributed by atoms with E-state index in [0.29, 0.717) is 22.6 Å². The average molecular weight is 389 g/mol.